The lowest BCUT2D eigenvalue weighted by Crippen LogP contribution is -2.44. The van der Waals surface area contributed by atoms with E-state index in [1.807, 2.05) is 0 Å². The molecule has 3 N–H and O–H groups in total. The molecule has 7 nitrogen and oxygen atoms in total. The number of aliphatic carboxylic acids is 3. The molecule has 2 bridgehead atoms. The summed E-state index contributed by atoms with van der Waals surface area (Å²) in [7, 11) is 0. The fourth-order valence-electron chi connectivity index (χ4n) is 2.59. The Hall–Kier alpha value is -1.63. The summed E-state index contributed by atoms with van der Waals surface area (Å²) in [6, 6.07) is 0. The van der Waals surface area contributed by atoms with Crippen LogP contribution in [0.5, 0.6) is 0 Å². The Morgan fingerprint density at radius 3 is 1.94 bits per heavy atom. The van der Waals surface area contributed by atoms with E-state index in [9.17, 15) is 14.4 Å². The molecule has 2 heterocycles. The molecule has 2 rings (SSSR count). The van der Waals surface area contributed by atoms with Crippen molar-refractivity contribution in [2.24, 2.45) is 17.8 Å². The highest BCUT2D eigenvalue weighted by Gasteiger charge is 2.61. The van der Waals surface area contributed by atoms with Crippen molar-refractivity contribution in [3.63, 3.8) is 0 Å². The van der Waals surface area contributed by atoms with Crippen molar-refractivity contribution in [3.8, 4) is 0 Å². The van der Waals surface area contributed by atoms with Crippen molar-refractivity contribution in [2.75, 3.05) is 0 Å². The van der Waals surface area contributed by atoms with E-state index in [4.69, 9.17) is 20.1 Å². The van der Waals surface area contributed by atoms with Crippen LogP contribution >= 0.6 is 0 Å². The molecule has 5 atom stereocenters. The van der Waals surface area contributed by atoms with E-state index < -0.39 is 47.9 Å². The Labute approximate surface area is 89.6 Å². The van der Waals surface area contributed by atoms with Crippen LogP contribution in [0.2, 0.25) is 0 Å². The van der Waals surface area contributed by atoms with Gasteiger partial charge in [-0.2, -0.15) is 0 Å². The molecule has 0 aliphatic carbocycles. The summed E-state index contributed by atoms with van der Waals surface area (Å²) >= 11 is 0. The molecule has 0 saturated carbocycles. The lowest BCUT2D eigenvalue weighted by atomic mass is 9.74. The molecular weight excluding hydrogens is 220 g/mol. The second kappa shape index (κ2) is 3.44. The summed E-state index contributed by atoms with van der Waals surface area (Å²) in [5.74, 6) is -7.02. The number of carboxylic acids is 3. The second-order valence-corrected chi connectivity index (χ2v) is 4.05. The molecule has 0 amide bonds. The zero-order chi connectivity index (χ0) is 12.0. The van der Waals surface area contributed by atoms with Gasteiger partial charge < -0.3 is 20.1 Å². The van der Waals surface area contributed by atoms with E-state index >= 15 is 0 Å². The van der Waals surface area contributed by atoms with Gasteiger partial charge in [-0.05, 0) is 6.42 Å². The number of rotatable bonds is 3. The standard InChI is InChI=1S/C9H10O7/c10-7(11)2-1-3-4(8(12)13)5(9(14)15)6(2)16-3/h2-6H,1H2,(H,10,11)(H,12,13)(H,14,15)/t2-,3-,4-,5-,6+/m1/s1. The fourth-order valence-corrected chi connectivity index (χ4v) is 2.59. The predicted molar refractivity (Wildman–Crippen MR) is 46.7 cm³/mol. The van der Waals surface area contributed by atoms with Gasteiger partial charge in [-0.3, -0.25) is 14.4 Å². The van der Waals surface area contributed by atoms with Crippen LogP contribution in [-0.4, -0.2) is 45.4 Å². The molecule has 0 spiro atoms. The van der Waals surface area contributed by atoms with Crippen LogP contribution in [0, 0.1) is 17.8 Å². The van der Waals surface area contributed by atoms with Gasteiger partial charge in [0.1, 0.15) is 0 Å². The van der Waals surface area contributed by atoms with Gasteiger partial charge in [0, 0.05) is 0 Å². The number of fused-ring (bicyclic) bond motifs is 2. The normalized spacial score (nSPS) is 40.9. The van der Waals surface area contributed by atoms with E-state index in [-0.39, 0.29) is 6.42 Å². The molecule has 0 radical (unpaired) electrons. The summed E-state index contributed by atoms with van der Waals surface area (Å²) in [5, 5.41) is 26.6. The lowest BCUT2D eigenvalue weighted by Gasteiger charge is -2.25. The molecule has 88 valence electrons. The SMILES string of the molecule is O=C(O)[C@H]1[C@H]2O[C@H](C[C@H]2C(=O)O)[C@H]1C(=O)O. The van der Waals surface area contributed by atoms with Gasteiger partial charge >= 0.3 is 17.9 Å². The van der Waals surface area contributed by atoms with Crippen LogP contribution in [0.15, 0.2) is 0 Å². The number of hydrogen-bond acceptors (Lipinski definition) is 4. The average Bonchev–Trinajstić information content (AvgIpc) is 2.72. The minimum absolute atomic E-state index is 0.0702. The van der Waals surface area contributed by atoms with E-state index in [1.165, 1.54) is 0 Å². The van der Waals surface area contributed by atoms with E-state index in [0.29, 0.717) is 0 Å². The third-order valence-electron chi connectivity index (χ3n) is 3.24. The van der Waals surface area contributed by atoms with E-state index in [2.05, 4.69) is 0 Å². The van der Waals surface area contributed by atoms with E-state index in [1.54, 1.807) is 0 Å². The highest BCUT2D eigenvalue weighted by atomic mass is 16.5. The van der Waals surface area contributed by atoms with Gasteiger partial charge in [0.15, 0.2) is 0 Å². The van der Waals surface area contributed by atoms with Crippen LogP contribution < -0.4 is 0 Å². The highest BCUT2D eigenvalue weighted by molar-refractivity contribution is 5.84. The quantitative estimate of drug-likeness (QED) is 0.583. The third kappa shape index (κ3) is 1.35. The molecule has 7 heteroatoms. The van der Waals surface area contributed by atoms with Crippen molar-refractivity contribution < 1.29 is 34.4 Å². The molecule has 0 aromatic carbocycles. The van der Waals surface area contributed by atoms with E-state index in [0.717, 1.165) is 0 Å². The lowest BCUT2D eigenvalue weighted by molar-refractivity contribution is -0.157. The Kier molecular flexibility index (Phi) is 2.34. The van der Waals surface area contributed by atoms with Crippen LogP contribution in [0.4, 0.5) is 0 Å². The first-order valence-electron chi connectivity index (χ1n) is 4.77. The number of ether oxygens (including phenoxy) is 1. The molecule has 2 aliphatic rings. The maximum absolute atomic E-state index is 10.9. The zero-order valence-electron chi connectivity index (χ0n) is 8.07. The summed E-state index contributed by atoms with van der Waals surface area (Å²) in [6.45, 7) is 0. The fraction of sp³-hybridized carbons (Fsp3) is 0.667. The van der Waals surface area contributed by atoms with Gasteiger partial charge in [-0.1, -0.05) is 0 Å². The van der Waals surface area contributed by atoms with Crippen molar-refractivity contribution in [1.29, 1.82) is 0 Å². The number of hydrogen-bond donors (Lipinski definition) is 3. The van der Waals surface area contributed by atoms with Crippen molar-refractivity contribution in [1.82, 2.24) is 0 Å². The Balaban J connectivity index is 2.29. The maximum atomic E-state index is 10.9. The first-order chi connectivity index (χ1) is 7.43. The highest BCUT2D eigenvalue weighted by Crippen LogP contribution is 2.47. The average molecular weight is 230 g/mol. The largest absolute Gasteiger partial charge is 0.481 e. The summed E-state index contributed by atoms with van der Waals surface area (Å²) in [6.07, 6.45) is -1.76. The Bertz CT molecular complexity index is 363. The maximum Gasteiger partial charge on any atom is 0.310 e. The number of carbonyl (C=O) groups is 3. The topological polar surface area (TPSA) is 121 Å². The zero-order valence-corrected chi connectivity index (χ0v) is 8.07. The smallest absolute Gasteiger partial charge is 0.310 e. The van der Waals surface area contributed by atoms with Gasteiger partial charge in [0.25, 0.3) is 0 Å². The Morgan fingerprint density at radius 2 is 1.50 bits per heavy atom. The molecular formula is C9H10O7. The van der Waals surface area contributed by atoms with Crippen molar-refractivity contribution >= 4 is 17.9 Å². The van der Waals surface area contributed by atoms with Gasteiger partial charge in [-0.25, -0.2) is 0 Å². The first-order valence-corrected chi connectivity index (χ1v) is 4.77. The van der Waals surface area contributed by atoms with Crippen LogP contribution in [0.3, 0.4) is 0 Å². The van der Waals surface area contributed by atoms with Gasteiger partial charge in [-0.15, -0.1) is 0 Å². The summed E-state index contributed by atoms with van der Waals surface area (Å²) < 4.78 is 5.15. The molecule has 0 unspecified atom stereocenters. The van der Waals surface area contributed by atoms with Gasteiger partial charge in [0.2, 0.25) is 0 Å². The van der Waals surface area contributed by atoms with Crippen molar-refractivity contribution in [2.45, 2.75) is 18.6 Å². The first kappa shape index (κ1) is 10.9. The van der Waals surface area contributed by atoms with Crippen LogP contribution in [-0.2, 0) is 19.1 Å². The minimum atomic E-state index is -1.31. The molecule has 2 fully saturated rings. The number of carboxylic acid groups (broad SMARTS) is 3. The Morgan fingerprint density at radius 1 is 0.938 bits per heavy atom. The molecule has 16 heavy (non-hydrogen) atoms. The molecule has 2 aliphatic heterocycles. The second-order valence-electron chi connectivity index (χ2n) is 4.05. The summed E-state index contributed by atoms with van der Waals surface area (Å²) in [4.78, 5) is 32.6. The third-order valence-corrected chi connectivity index (χ3v) is 3.24. The minimum Gasteiger partial charge on any atom is -0.481 e. The molecule has 0 aromatic rings. The van der Waals surface area contributed by atoms with Crippen LogP contribution in [0.1, 0.15) is 6.42 Å². The van der Waals surface area contributed by atoms with Gasteiger partial charge in [0.05, 0.1) is 30.0 Å². The molecule has 0 aromatic heterocycles. The monoisotopic (exact) mass is 230 g/mol. The molecule has 2 saturated heterocycles. The summed E-state index contributed by atoms with van der Waals surface area (Å²) in [5.41, 5.74) is 0. The predicted octanol–water partition coefficient (Wildman–Crippen LogP) is -0.740. The van der Waals surface area contributed by atoms with Crippen molar-refractivity contribution in [3.05, 3.63) is 0 Å². The van der Waals surface area contributed by atoms with Crippen LogP contribution in [0.25, 0.3) is 0 Å².